The number of imidazole rings is 1. The van der Waals surface area contributed by atoms with Gasteiger partial charge in [-0.05, 0) is 48.4 Å². The van der Waals surface area contributed by atoms with Crippen molar-refractivity contribution in [2.24, 2.45) is 0 Å². The molecule has 3 aromatic carbocycles. The summed E-state index contributed by atoms with van der Waals surface area (Å²) >= 11 is 7.83. The molecule has 0 aliphatic rings. The zero-order valence-electron chi connectivity index (χ0n) is 18.4. The molecule has 0 aliphatic heterocycles. The van der Waals surface area contributed by atoms with Crippen LogP contribution in [0.4, 0.5) is 5.69 Å². The summed E-state index contributed by atoms with van der Waals surface area (Å²) in [6.07, 6.45) is 1.75. The molecular formula is C25H18ClN3O5S. The highest BCUT2D eigenvalue weighted by atomic mass is 35.5. The molecule has 0 amide bonds. The largest absolute Gasteiger partial charge is 0.490 e. The summed E-state index contributed by atoms with van der Waals surface area (Å²) in [6, 6.07) is 17.1. The van der Waals surface area contributed by atoms with E-state index in [1.54, 1.807) is 34.7 Å². The van der Waals surface area contributed by atoms with Gasteiger partial charge in [-0.1, -0.05) is 47.2 Å². The average Bonchev–Trinajstić information content (AvgIpc) is 3.35. The number of non-ortho nitro benzene ring substituents is 1. The van der Waals surface area contributed by atoms with E-state index in [0.717, 1.165) is 11.0 Å². The Morgan fingerprint density at radius 2 is 1.97 bits per heavy atom. The van der Waals surface area contributed by atoms with Crippen molar-refractivity contribution in [2.75, 3.05) is 6.61 Å². The molecule has 2 heterocycles. The number of rotatable bonds is 7. The van der Waals surface area contributed by atoms with Crippen LogP contribution in [0.3, 0.4) is 0 Å². The Morgan fingerprint density at radius 1 is 1.14 bits per heavy atom. The van der Waals surface area contributed by atoms with E-state index in [0.29, 0.717) is 43.7 Å². The van der Waals surface area contributed by atoms with Gasteiger partial charge in [0.2, 0.25) is 0 Å². The summed E-state index contributed by atoms with van der Waals surface area (Å²) in [5.41, 5.74) is 2.66. The van der Waals surface area contributed by atoms with E-state index >= 15 is 0 Å². The molecule has 176 valence electrons. The van der Waals surface area contributed by atoms with Crippen LogP contribution >= 0.6 is 22.9 Å². The molecule has 5 aromatic rings. The van der Waals surface area contributed by atoms with Crippen molar-refractivity contribution < 1.29 is 14.4 Å². The second-order valence-electron chi connectivity index (χ2n) is 7.61. The molecule has 35 heavy (non-hydrogen) atoms. The number of fused-ring (bicyclic) bond motifs is 3. The third kappa shape index (κ3) is 4.43. The minimum Gasteiger partial charge on any atom is -0.490 e. The number of nitro benzene ring substituents is 1. The molecule has 8 nitrogen and oxygen atoms in total. The Labute approximate surface area is 207 Å². The van der Waals surface area contributed by atoms with Crippen LogP contribution in [0.15, 0.2) is 65.5 Å². The summed E-state index contributed by atoms with van der Waals surface area (Å²) in [6.45, 7) is 2.28. The van der Waals surface area contributed by atoms with Gasteiger partial charge in [-0.2, -0.15) is 0 Å². The lowest BCUT2D eigenvalue weighted by atomic mass is 10.2. The van der Waals surface area contributed by atoms with E-state index in [-0.39, 0.29) is 17.9 Å². The second kappa shape index (κ2) is 9.36. The highest BCUT2D eigenvalue weighted by molar-refractivity contribution is 7.15. The van der Waals surface area contributed by atoms with Crippen molar-refractivity contribution >= 4 is 50.7 Å². The van der Waals surface area contributed by atoms with Crippen molar-refractivity contribution in [3.05, 3.63) is 102 Å². The minimum atomic E-state index is -0.457. The van der Waals surface area contributed by atoms with Gasteiger partial charge < -0.3 is 9.47 Å². The molecule has 0 bridgehead atoms. The number of hydrogen-bond donors (Lipinski definition) is 0. The summed E-state index contributed by atoms with van der Waals surface area (Å²) in [5.74, 6) is 0.738. The number of ether oxygens (including phenoxy) is 2. The zero-order chi connectivity index (χ0) is 24.5. The molecule has 0 radical (unpaired) electrons. The maximum absolute atomic E-state index is 13.1. The van der Waals surface area contributed by atoms with Gasteiger partial charge in [0.05, 0.1) is 32.1 Å². The maximum Gasteiger partial charge on any atom is 0.274 e. The number of nitro groups is 1. The lowest BCUT2D eigenvalue weighted by Crippen LogP contribution is -2.22. The van der Waals surface area contributed by atoms with Gasteiger partial charge in [0, 0.05) is 12.1 Å². The first-order chi connectivity index (χ1) is 16.9. The van der Waals surface area contributed by atoms with Crippen LogP contribution in [0.25, 0.3) is 22.1 Å². The fraction of sp³-hybridized carbons (Fsp3) is 0.120. The molecule has 0 saturated carbocycles. The zero-order valence-corrected chi connectivity index (χ0v) is 20.0. The molecule has 0 spiro atoms. The van der Waals surface area contributed by atoms with Gasteiger partial charge in [0.15, 0.2) is 16.5 Å². The fourth-order valence-electron chi connectivity index (χ4n) is 3.75. The number of benzene rings is 3. The highest BCUT2D eigenvalue weighted by Gasteiger charge is 2.15. The monoisotopic (exact) mass is 507 g/mol. The lowest BCUT2D eigenvalue weighted by Gasteiger charge is -2.14. The second-order valence-corrected chi connectivity index (χ2v) is 9.03. The minimum absolute atomic E-state index is 0.0179. The first-order valence-electron chi connectivity index (χ1n) is 10.7. The summed E-state index contributed by atoms with van der Waals surface area (Å²) in [5, 5.41) is 11.3. The molecule has 0 atom stereocenters. The number of halogens is 1. The van der Waals surface area contributed by atoms with Crippen LogP contribution in [0.2, 0.25) is 5.02 Å². The van der Waals surface area contributed by atoms with E-state index in [1.165, 1.54) is 23.5 Å². The first-order valence-corrected chi connectivity index (χ1v) is 11.9. The Bertz CT molecular complexity index is 1700. The Morgan fingerprint density at radius 3 is 2.77 bits per heavy atom. The Balaban J connectivity index is 1.50. The van der Waals surface area contributed by atoms with E-state index in [9.17, 15) is 14.9 Å². The first kappa shape index (κ1) is 22.8. The standard InChI is InChI=1S/C25H18ClN3O5S/c1-2-33-21-12-16(11-18(26)23(21)34-14-15-6-5-7-17(10-15)29(31)32)13-22-24(30)28-20-9-4-3-8-19(20)27-25(28)35-22/h3-13H,2,14H2,1H3/b22-13-. The Kier molecular flexibility index (Phi) is 6.10. The van der Waals surface area contributed by atoms with Crippen molar-refractivity contribution in [3.63, 3.8) is 0 Å². The molecule has 0 fully saturated rings. The molecule has 0 N–H and O–H groups in total. The summed E-state index contributed by atoms with van der Waals surface area (Å²) in [7, 11) is 0. The predicted molar refractivity (Wildman–Crippen MR) is 136 cm³/mol. The van der Waals surface area contributed by atoms with Crippen LogP contribution < -0.4 is 19.6 Å². The predicted octanol–water partition coefficient (Wildman–Crippen LogP) is 5.00. The van der Waals surface area contributed by atoms with E-state index in [2.05, 4.69) is 4.98 Å². The van der Waals surface area contributed by atoms with Crippen LogP contribution in [0, 0.1) is 10.1 Å². The quantitative estimate of drug-likeness (QED) is 0.227. The maximum atomic E-state index is 13.1. The molecule has 0 aliphatic carbocycles. The third-order valence-corrected chi connectivity index (χ3v) is 6.53. The van der Waals surface area contributed by atoms with Crippen LogP contribution in [0.5, 0.6) is 11.5 Å². The van der Waals surface area contributed by atoms with Crippen molar-refractivity contribution in [3.8, 4) is 11.5 Å². The van der Waals surface area contributed by atoms with Gasteiger partial charge in [-0.15, -0.1) is 0 Å². The van der Waals surface area contributed by atoms with Gasteiger partial charge in [-0.25, -0.2) is 9.38 Å². The van der Waals surface area contributed by atoms with Gasteiger partial charge >= 0.3 is 0 Å². The molecule has 5 rings (SSSR count). The van der Waals surface area contributed by atoms with Crippen LogP contribution in [-0.4, -0.2) is 20.9 Å². The fourth-order valence-corrected chi connectivity index (χ4v) is 5.01. The van der Waals surface area contributed by atoms with Crippen molar-refractivity contribution in [1.82, 2.24) is 9.38 Å². The highest BCUT2D eigenvalue weighted by Crippen LogP contribution is 2.37. The van der Waals surface area contributed by atoms with E-state index in [4.69, 9.17) is 21.1 Å². The van der Waals surface area contributed by atoms with Crippen molar-refractivity contribution in [2.45, 2.75) is 13.5 Å². The van der Waals surface area contributed by atoms with E-state index in [1.807, 2.05) is 31.2 Å². The molecule has 0 unspecified atom stereocenters. The van der Waals surface area contributed by atoms with Gasteiger partial charge in [-0.3, -0.25) is 14.9 Å². The topological polar surface area (TPSA) is 96.0 Å². The number of thiazole rings is 1. The Hall–Kier alpha value is -3.95. The number of nitrogens with zero attached hydrogens (tertiary/aromatic N) is 3. The van der Waals surface area contributed by atoms with Crippen molar-refractivity contribution in [1.29, 1.82) is 0 Å². The molecule has 2 aromatic heterocycles. The SMILES string of the molecule is CCOc1cc(/C=c2\sc3nc4ccccc4n3c2=O)cc(Cl)c1OCc1cccc([N+](=O)[O-])c1. The third-order valence-electron chi connectivity index (χ3n) is 5.28. The van der Waals surface area contributed by atoms with Gasteiger partial charge in [0.1, 0.15) is 6.61 Å². The molecule has 10 heteroatoms. The molecular weight excluding hydrogens is 490 g/mol. The van der Waals surface area contributed by atoms with E-state index < -0.39 is 4.92 Å². The smallest absolute Gasteiger partial charge is 0.274 e. The van der Waals surface area contributed by atoms with Crippen LogP contribution in [0.1, 0.15) is 18.1 Å². The normalized spacial score (nSPS) is 11.9. The number of aromatic nitrogens is 2. The molecule has 0 saturated heterocycles. The summed E-state index contributed by atoms with van der Waals surface area (Å²) < 4.78 is 13.8. The van der Waals surface area contributed by atoms with Crippen LogP contribution in [-0.2, 0) is 6.61 Å². The lowest BCUT2D eigenvalue weighted by molar-refractivity contribution is -0.384. The number of hydrogen-bond acceptors (Lipinski definition) is 7. The average molecular weight is 508 g/mol. The van der Waals surface area contributed by atoms with Gasteiger partial charge in [0.25, 0.3) is 11.2 Å². The number of para-hydroxylation sites is 2. The summed E-state index contributed by atoms with van der Waals surface area (Å²) in [4.78, 5) is 28.8.